The van der Waals surface area contributed by atoms with Gasteiger partial charge in [-0.3, -0.25) is 9.69 Å². The minimum Gasteiger partial charge on any atom is -0.342 e. The van der Waals surface area contributed by atoms with Gasteiger partial charge in [0.25, 0.3) is 0 Å². The van der Waals surface area contributed by atoms with Crippen LogP contribution in [0.2, 0.25) is 0 Å². The summed E-state index contributed by atoms with van der Waals surface area (Å²) in [6.45, 7) is 5.77. The molecule has 1 aromatic carbocycles. The number of carbonyl (C=O) groups is 1. The summed E-state index contributed by atoms with van der Waals surface area (Å²) >= 11 is 0. The fourth-order valence-corrected chi connectivity index (χ4v) is 4.76. The Morgan fingerprint density at radius 3 is 2.52 bits per heavy atom. The highest BCUT2D eigenvalue weighted by molar-refractivity contribution is 5.76. The molecule has 1 spiro atoms. The lowest BCUT2D eigenvalue weighted by atomic mass is 9.73. The third kappa shape index (κ3) is 4.56. The molecule has 0 N–H and O–H groups in total. The predicted molar refractivity (Wildman–Crippen MR) is 104 cm³/mol. The van der Waals surface area contributed by atoms with Crippen molar-refractivity contribution < 1.29 is 4.79 Å². The molecule has 2 aromatic rings. The van der Waals surface area contributed by atoms with Crippen LogP contribution in [0.5, 0.6) is 0 Å². The van der Waals surface area contributed by atoms with Gasteiger partial charge in [-0.15, -0.1) is 10.2 Å². The third-order valence-electron chi connectivity index (χ3n) is 6.05. The molecule has 0 radical (unpaired) electrons. The number of benzene rings is 1. The first kappa shape index (κ1) is 18.2. The Morgan fingerprint density at radius 1 is 1.00 bits per heavy atom. The third-order valence-corrected chi connectivity index (χ3v) is 6.05. The van der Waals surface area contributed by atoms with Crippen molar-refractivity contribution in [3.63, 3.8) is 0 Å². The molecule has 144 valence electrons. The molecule has 2 saturated heterocycles. The Hall–Kier alpha value is -2.21. The minimum absolute atomic E-state index is 0.267. The maximum atomic E-state index is 12.7. The van der Waals surface area contributed by atoms with Gasteiger partial charge in [0, 0.05) is 44.6 Å². The monoisotopic (exact) mass is 367 g/mol. The van der Waals surface area contributed by atoms with Crippen molar-refractivity contribution in [3.05, 3.63) is 48.5 Å². The van der Waals surface area contributed by atoms with E-state index in [1.807, 2.05) is 4.57 Å². The van der Waals surface area contributed by atoms with E-state index in [0.29, 0.717) is 13.0 Å². The summed E-state index contributed by atoms with van der Waals surface area (Å²) in [6.07, 6.45) is 8.72. The van der Waals surface area contributed by atoms with Gasteiger partial charge >= 0.3 is 0 Å². The molecule has 2 aliphatic heterocycles. The van der Waals surface area contributed by atoms with Crippen LogP contribution in [0.3, 0.4) is 0 Å². The first-order valence-corrected chi connectivity index (χ1v) is 10.1. The molecule has 6 heteroatoms. The van der Waals surface area contributed by atoms with Crippen LogP contribution < -0.4 is 0 Å². The smallest absolute Gasteiger partial charge is 0.224 e. The van der Waals surface area contributed by atoms with E-state index >= 15 is 0 Å². The summed E-state index contributed by atoms with van der Waals surface area (Å²) in [7, 11) is 0. The van der Waals surface area contributed by atoms with Gasteiger partial charge in [-0.1, -0.05) is 30.3 Å². The summed E-state index contributed by atoms with van der Waals surface area (Å²) < 4.78 is 1.87. The number of amides is 1. The molecule has 2 aliphatic rings. The van der Waals surface area contributed by atoms with Gasteiger partial charge in [0.15, 0.2) is 0 Å². The van der Waals surface area contributed by atoms with Crippen molar-refractivity contribution in [1.29, 1.82) is 0 Å². The average Bonchev–Trinajstić information content (AvgIpc) is 3.21. The van der Waals surface area contributed by atoms with E-state index in [-0.39, 0.29) is 11.3 Å². The topological polar surface area (TPSA) is 54.3 Å². The zero-order valence-electron chi connectivity index (χ0n) is 16.0. The van der Waals surface area contributed by atoms with Gasteiger partial charge in [0.2, 0.25) is 5.91 Å². The van der Waals surface area contributed by atoms with Crippen LogP contribution in [0, 0.1) is 5.41 Å². The highest BCUT2D eigenvalue weighted by atomic mass is 16.2. The second kappa shape index (κ2) is 8.21. The van der Waals surface area contributed by atoms with Gasteiger partial charge in [-0.2, -0.15) is 0 Å². The van der Waals surface area contributed by atoms with Crippen LogP contribution in [-0.4, -0.2) is 56.7 Å². The van der Waals surface area contributed by atoms with Crippen LogP contribution in [-0.2, 0) is 17.9 Å². The number of hydrogen-bond acceptors (Lipinski definition) is 4. The normalized spacial score (nSPS) is 23.6. The number of hydrogen-bond donors (Lipinski definition) is 0. The molecule has 27 heavy (non-hydrogen) atoms. The molecule has 6 nitrogen and oxygen atoms in total. The number of aryl methyl sites for hydroxylation is 1. The van der Waals surface area contributed by atoms with E-state index < -0.39 is 0 Å². The van der Waals surface area contributed by atoms with Gasteiger partial charge in [0.1, 0.15) is 12.7 Å². The van der Waals surface area contributed by atoms with Crippen LogP contribution in [0.15, 0.2) is 43.0 Å². The lowest BCUT2D eigenvalue weighted by Gasteiger charge is -2.48. The predicted octanol–water partition coefficient (Wildman–Crippen LogP) is 2.57. The number of piperidine rings is 2. The van der Waals surface area contributed by atoms with Crippen molar-refractivity contribution in [1.82, 2.24) is 24.6 Å². The van der Waals surface area contributed by atoms with Gasteiger partial charge in [-0.25, -0.2) is 0 Å². The van der Waals surface area contributed by atoms with E-state index in [4.69, 9.17) is 0 Å². The summed E-state index contributed by atoms with van der Waals surface area (Å²) in [5.41, 5.74) is 1.66. The number of likely N-dealkylation sites (tertiary alicyclic amines) is 2. The lowest BCUT2D eigenvalue weighted by Crippen LogP contribution is -2.53. The van der Waals surface area contributed by atoms with E-state index in [2.05, 4.69) is 50.3 Å². The van der Waals surface area contributed by atoms with Crippen LogP contribution >= 0.6 is 0 Å². The first-order valence-electron chi connectivity index (χ1n) is 10.1. The molecule has 1 amide bonds. The Morgan fingerprint density at radius 2 is 1.74 bits per heavy atom. The standard InChI is InChI=1S/C21H29N5O/c27-20(8-13-25-17-22-23-18-25)26-12-5-10-21(16-26)9-4-11-24(15-21)14-19-6-2-1-3-7-19/h1-3,6-7,17-18H,4-5,8-16H2/t21-/m0/s1. The second-order valence-corrected chi connectivity index (χ2v) is 8.17. The molecule has 0 unspecified atom stereocenters. The Balaban J connectivity index is 1.35. The Labute approximate surface area is 161 Å². The van der Waals surface area contributed by atoms with Crippen molar-refractivity contribution in [2.75, 3.05) is 26.2 Å². The number of carbonyl (C=O) groups excluding carboxylic acids is 1. The molecular weight excluding hydrogens is 338 g/mol. The Bertz CT molecular complexity index is 728. The van der Waals surface area contributed by atoms with Gasteiger partial charge in [0.05, 0.1) is 0 Å². The summed E-state index contributed by atoms with van der Waals surface area (Å²) in [5.74, 6) is 0.267. The molecular formula is C21H29N5O. The quantitative estimate of drug-likeness (QED) is 0.815. The number of nitrogens with zero attached hydrogens (tertiary/aromatic N) is 5. The average molecular weight is 367 g/mol. The van der Waals surface area contributed by atoms with E-state index in [1.165, 1.54) is 24.8 Å². The van der Waals surface area contributed by atoms with Crippen LogP contribution in [0.4, 0.5) is 0 Å². The van der Waals surface area contributed by atoms with Gasteiger partial charge < -0.3 is 9.47 Å². The molecule has 1 aromatic heterocycles. The summed E-state index contributed by atoms with van der Waals surface area (Å²) in [6, 6.07) is 10.7. The molecule has 3 heterocycles. The highest BCUT2D eigenvalue weighted by Gasteiger charge is 2.40. The zero-order chi connectivity index (χ0) is 18.5. The number of rotatable bonds is 5. The molecule has 2 fully saturated rings. The van der Waals surface area contributed by atoms with Crippen LogP contribution in [0.1, 0.15) is 37.7 Å². The highest BCUT2D eigenvalue weighted by Crippen LogP contribution is 2.39. The molecule has 4 rings (SSSR count). The van der Waals surface area contributed by atoms with Crippen molar-refractivity contribution in [2.45, 2.75) is 45.2 Å². The van der Waals surface area contributed by atoms with Crippen molar-refractivity contribution >= 4 is 5.91 Å². The molecule has 0 saturated carbocycles. The maximum Gasteiger partial charge on any atom is 0.224 e. The van der Waals surface area contributed by atoms with E-state index in [9.17, 15) is 4.79 Å². The largest absolute Gasteiger partial charge is 0.342 e. The van der Waals surface area contributed by atoms with E-state index in [0.717, 1.165) is 39.1 Å². The fraction of sp³-hybridized carbons (Fsp3) is 0.571. The lowest BCUT2D eigenvalue weighted by molar-refractivity contribution is -0.136. The summed E-state index contributed by atoms with van der Waals surface area (Å²) in [4.78, 5) is 17.4. The van der Waals surface area contributed by atoms with Crippen molar-refractivity contribution in [3.8, 4) is 0 Å². The first-order chi connectivity index (χ1) is 13.2. The van der Waals surface area contributed by atoms with Gasteiger partial charge in [-0.05, 0) is 37.8 Å². The maximum absolute atomic E-state index is 12.7. The van der Waals surface area contributed by atoms with Crippen molar-refractivity contribution in [2.24, 2.45) is 5.41 Å². The van der Waals surface area contributed by atoms with E-state index in [1.54, 1.807) is 12.7 Å². The number of aromatic nitrogens is 3. The molecule has 0 aliphatic carbocycles. The Kier molecular flexibility index (Phi) is 5.53. The zero-order valence-corrected chi connectivity index (χ0v) is 16.0. The summed E-state index contributed by atoms with van der Waals surface area (Å²) in [5, 5.41) is 7.61. The fourth-order valence-electron chi connectivity index (χ4n) is 4.76. The van der Waals surface area contributed by atoms with Crippen LogP contribution in [0.25, 0.3) is 0 Å². The SMILES string of the molecule is O=C(CCn1cnnc1)N1CCC[C@]2(CCCN(Cc3ccccc3)C2)C1. The second-order valence-electron chi connectivity index (χ2n) is 8.17. The molecule has 0 bridgehead atoms. The minimum atomic E-state index is 0.267. The molecule has 1 atom stereocenters.